The number of nitrogens with zero attached hydrogens (tertiary/aromatic N) is 4. The highest BCUT2D eigenvalue weighted by Gasteiger charge is 2.20. The summed E-state index contributed by atoms with van der Waals surface area (Å²) in [5.41, 5.74) is 1.07. The third-order valence-corrected chi connectivity index (χ3v) is 5.59. The molecule has 1 fully saturated rings. The van der Waals surface area contributed by atoms with Crippen molar-refractivity contribution in [3.05, 3.63) is 47.5 Å². The first kappa shape index (κ1) is 20.1. The van der Waals surface area contributed by atoms with Crippen molar-refractivity contribution >= 4 is 28.4 Å². The summed E-state index contributed by atoms with van der Waals surface area (Å²) in [4.78, 5) is 34.8. The Kier molecular flexibility index (Phi) is 7.25. The van der Waals surface area contributed by atoms with E-state index in [2.05, 4.69) is 15.2 Å². The highest BCUT2D eigenvalue weighted by molar-refractivity contribution is 7.13. The van der Waals surface area contributed by atoms with Gasteiger partial charge in [-0.3, -0.25) is 4.79 Å². The number of urea groups is 1. The van der Waals surface area contributed by atoms with Crippen molar-refractivity contribution in [3.8, 4) is 0 Å². The first-order chi connectivity index (χ1) is 13.6. The number of carbonyl (C=O) groups is 2. The van der Waals surface area contributed by atoms with Gasteiger partial charge in [-0.05, 0) is 12.0 Å². The SMILES string of the molecule is CN(Cc1ccccc1)C(=O)NCCC(=O)N1CCCN(c2nccs2)CC1. The van der Waals surface area contributed by atoms with Gasteiger partial charge >= 0.3 is 6.03 Å². The quantitative estimate of drug-likeness (QED) is 0.807. The molecule has 2 aromatic rings. The standard InChI is InChI=1S/C20H27N5O2S/c1-23(16-17-6-3-2-4-7-17)19(27)21-9-8-18(26)24-11-5-12-25(14-13-24)20-22-10-15-28-20/h2-4,6-7,10,15H,5,8-9,11-14,16H2,1H3,(H,21,27). The number of thiazole rings is 1. The van der Waals surface area contributed by atoms with Crippen LogP contribution in [-0.2, 0) is 11.3 Å². The summed E-state index contributed by atoms with van der Waals surface area (Å²) in [6.45, 7) is 4.05. The van der Waals surface area contributed by atoms with Crippen molar-refractivity contribution in [3.63, 3.8) is 0 Å². The summed E-state index contributed by atoms with van der Waals surface area (Å²) >= 11 is 1.63. The predicted molar refractivity (Wildman–Crippen MR) is 111 cm³/mol. The maximum absolute atomic E-state index is 12.5. The molecule has 0 bridgehead atoms. The van der Waals surface area contributed by atoms with Crippen LogP contribution in [0.25, 0.3) is 0 Å². The Labute approximate surface area is 170 Å². The molecule has 1 aromatic heterocycles. The van der Waals surface area contributed by atoms with Gasteiger partial charge in [0.2, 0.25) is 5.91 Å². The lowest BCUT2D eigenvalue weighted by Gasteiger charge is -2.22. The molecule has 8 heteroatoms. The van der Waals surface area contributed by atoms with E-state index in [0.717, 1.165) is 36.8 Å². The molecule has 3 amide bonds. The molecule has 0 spiro atoms. The van der Waals surface area contributed by atoms with Crippen molar-refractivity contribution in [2.24, 2.45) is 0 Å². The highest BCUT2D eigenvalue weighted by Crippen LogP contribution is 2.19. The topological polar surface area (TPSA) is 68.8 Å². The summed E-state index contributed by atoms with van der Waals surface area (Å²) in [5, 5.41) is 5.83. The van der Waals surface area contributed by atoms with E-state index in [0.29, 0.717) is 26.1 Å². The second-order valence-electron chi connectivity index (χ2n) is 6.86. The average molecular weight is 402 g/mol. The fraction of sp³-hybridized carbons (Fsp3) is 0.450. The van der Waals surface area contributed by atoms with Gasteiger partial charge in [0.25, 0.3) is 0 Å². The lowest BCUT2D eigenvalue weighted by molar-refractivity contribution is -0.130. The predicted octanol–water partition coefficient (Wildman–Crippen LogP) is 2.41. The van der Waals surface area contributed by atoms with Crippen molar-refractivity contribution in [2.45, 2.75) is 19.4 Å². The van der Waals surface area contributed by atoms with Crippen molar-refractivity contribution in [1.82, 2.24) is 20.1 Å². The number of amides is 3. The summed E-state index contributed by atoms with van der Waals surface area (Å²) in [5.74, 6) is 0.0898. The zero-order valence-electron chi connectivity index (χ0n) is 16.2. The fourth-order valence-electron chi connectivity index (χ4n) is 3.23. The van der Waals surface area contributed by atoms with Crippen molar-refractivity contribution in [2.75, 3.05) is 44.7 Å². The number of nitrogens with one attached hydrogen (secondary N) is 1. The Bertz CT molecular complexity index is 753. The zero-order chi connectivity index (χ0) is 19.8. The molecule has 0 unspecified atom stereocenters. The van der Waals surface area contributed by atoms with Crippen LogP contribution in [0.2, 0.25) is 0 Å². The van der Waals surface area contributed by atoms with Gasteiger partial charge in [0, 0.05) is 64.3 Å². The Hall–Kier alpha value is -2.61. The van der Waals surface area contributed by atoms with Gasteiger partial charge in [-0.2, -0.15) is 0 Å². The summed E-state index contributed by atoms with van der Waals surface area (Å²) in [7, 11) is 1.76. The molecule has 150 valence electrons. The van der Waals surface area contributed by atoms with Crippen LogP contribution in [0.3, 0.4) is 0 Å². The fourth-order valence-corrected chi connectivity index (χ4v) is 3.93. The molecule has 3 rings (SSSR count). The third-order valence-electron chi connectivity index (χ3n) is 4.76. The number of anilines is 1. The molecule has 1 N–H and O–H groups in total. The molecule has 1 aromatic carbocycles. The molecule has 1 saturated heterocycles. The van der Waals surface area contributed by atoms with Crippen LogP contribution in [0.1, 0.15) is 18.4 Å². The average Bonchev–Trinajstić information content (AvgIpc) is 3.13. The minimum absolute atomic E-state index is 0.0898. The molecule has 7 nitrogen and oxygen atoms in total. The summed E-state index contributed by atoms with van der Waals surface area (Å²) in [6, 6.07) is 9.67. The van der Waals surface area contributed by atoms with E-state index in [1.807, 2.05) is 46.8 Å². The second kappa shape index (κ2) is 10.1. The summed E-state index contributed by atoms with van der Waals surface area (Å²) in [6.07, 6.45) is 3.06. The molecule has 0 radical (unpaired) electrons. The van der Waals surface area contributed by atoms with E-state index in [4.69, 9.17) is 0 Å². The van der Waals surface area contributed by atoms with E-state index >= 15 is 0 Å². The smallest absolute Gasteiger partial charge is 0.317 e. The van der Waals surface area contributed by atoms with Crippen LogP contribution in [0.15, 0.2) is 41.9 Å². The van der Waals surface area contributed by atoms with Crippen LogP contribution in [0.5, 0.6) is 0 Å². The molecule has 28 heavy (non-hydrogen) atoms. The Morgan fingerprint density at radius 1 is 1.18 bits per heavy atom. The van der Waals surface area contributed by atoms with Crippen LogP contribution < -0.4 is 10.2 Å². The normalized spacial score (nSPS) is 14.5. The van der Waals surface area contributed by atoms with E-state index in [1.54, 1.807) is 23.3 Å². The van der Waals surface area contributed by atoms with E-state index in [9.17, 15) is 9.59 Å². The second-order valence-corrected chi connectivity index (χ2v) is 7.73. The molecular weight excluding hydrogens is 374 g/mol. The molecule has 0 atom stereocenters. The largest absolute Gasteiger partial charge is 0.346 e. The van der Waals surface area contributed by atoms with Crippen LogP contribution in [-0.4, -0.2) is 66.5 Å². The van der Waals surface area contributed by atoms with Crippen LogP contribution >= 0.6 is 11.3 Å². The molecule has 0 saturated carbocycles. The minimum Gasteiger partial charge on any atom is -0.346 e. The molecule has 1 aliphatic heterocycles. The van der Waals surface area contributed by atoms with Gasteiger partial charge in [-0.25, -0.2) is 9.78 Å². The number of rotatable bonds is 6. The Morgan fingerprint density at radius 2 is 2.00 bits per heavy atom. The third kappa shape index (κ3) is 5.69. The number of carbonyl (C=O) groups excluding carboxylic acids is 2. The van der Waals surface area contributed by atoms with Gasteiger partial charge in [0.15, 0.2) is 5.13 Å². The monoisotopic (exact) mass is 401 g/mol. The molecular formula is C20H27N5O2S. The van der Waals surface area contributed by atoms with E-state index in [-0.39, 0.29) is 11.9 Å². The lowest BCUT2D eigenvalue weighted by Crippen LogP contribution is -2.40. The highest BCUT2D eigenvalue weighted by atomic mass is 32.1. The van der Waals surface area contributed by atoms with Crippen molar-refractivity contribution < 1.29 is 9.59 Å². The number of benzene rings is 1. The van der Waals surface area contributed by atoms with Gasteiger partial charge in [0.1, 0.15) is 0 Å². The number of hydrogen-bond acceptors (Lipinski definition) is 5. The molecule has 0 aliphatic carbocycles. The maximum Gasteiger partial charge on any atom is 0.317 e. The van der Waals surface area contributed by atoms with Gasteiger partial charge in [0.05, 0.1) is 0 Å². The first-order valence-corrected chi connectivity index (χ1v) is 10.5. The molecule has 2 heterocycles. The van der Waals surface area contributed by atoms with Gasteiger partial charge in [-0.1, -0.05) is 30.3 Å². The first-order valence-electron chi connectivity index (χ1n) is 9.58. The Morgan fingerprint density at radius 3 is 2.75 bits per heavy atom. The van der Waals surface area contributed by atoms with Gasteiger partial charge in [-0.15, -0.1) is 11.3 Å². The number of aromatic nitrogens is 1. The zero-order valence-corrected chi connectivity index (χ0v) is 17.0. The Balaban J connectivity index is 1.38. The van der Waals surface area contributed by atoms with Crippen LogP contribution in [0.4, 0.5) is 9.93 Å². The maximum atomic E-state index is 12.5. The van der Waals surface area contributed by atoms with E-state index < -0.39 is 0 Å². The number of hydrogen-bond donors (Lipinski definition) is 1. The lowest BCUT2D eigenvalue weighted by atomic mass is 10.2. The molecule has 1 aliphatic rings. The van der Waals surface area contributed by atoms with E-state index in [1.165, 1.54) is 0 Å². The van der Waals surface area contributed by atoms with Crippen LogP contribution in [0, 0.1) is 0 Å². The van der Waals surface area contributed by atoms with Gasteiger partial charge < -0.3 is 20.0 Å². The summed E-state index contributed by atoms with van der Waals surface area (Å²) < 4.78 is 0. The van der Waals surface area contributed by atoms with Crippen molar-refractivity contribution in [1.29, 1.82) is 0 Å². The minimum atomic E-state index is -0.164.